The van der Waals surface area contributed by atoms with Crippen LogP contribution in [0.2, 0.25) is 0 Å². The number of hydrogen-bond acceptors (Lipinski definition) is 3. The first-order chi connectivity index (χ1) is 11.0. The average molecular weight is 351 g/mol. The largest absolute Gasteiger partial charge is 0.396 e. The Morgan fingerprint density at radius 2 is 1.09 bits per heavy atom. The second-order valence-electron chi connectivity index (χ2n) is 6.68. The molecule has 0 amide bonds. The summed E-state index contributed by atoms with van der Waals surface area (Å²) in [6, 6.07) is 0. The zero-order valence-electron chi connectivity index (χ0n) is 15.0. The maximum atomic E-state index is 11.5. The van der Waals surface area contributed by atoms with Gasteiger partial charge in [0.05, 0.1) is 5.25 Å². The third kappa shape index (κ3) is 15.2. The first-order valence-electron chi connectivity index (χ1n) is 9.59. The van der Waals surface area contributed by atoms with E-state index in [1.165, 1.54) is 25.7 Å². The van der Waals surface area contributed by atoms with E-state index in [1.807, 2.05) is 0 Å². The highest BCUT2D eigenvalue weighted by atomic mass is 32.2. The highest BCUT2D eigenvalue weighted by molar-refractivity contribution is 7.86. The van der Waals surface area contributed by atoms with Gasteiger partial charge in [-0.1, -0.05) is 84.0 Å². The van der Waals surface area contributed by atoms with Gasteiger partial charge in [-0.2, -0.15) is 8.42 Å². The van der Waals surface area contributed by atoms with E-state index in [0.717, 1.165) is 57.8 Å². The molecule has 23 heavy (non-hydrogen) atoms. The number of rotatable bonds is 17. The summed E-state index contributed by atoms with van der Waals surface area (Å²) in [6.07, 6.45) is 15.3. The Morgan fingerprint density at radius 3 is 1.48 bits per heavy atom. The summed E-state index contributed by atoms with van der Waals surface area (Å²) >= 11 is 0. The van der Waals surface area contributed by atoms with Crippen LogP contribution in [0.25, 0.3) is 0 Å². The van der Waals surface area contributed by atoms with Crippen LogP contribution in [0.4, 0.5) is 0 Å². The van der Waals surface area contributed by atoms with E-state index in [0.29, 0.717) is 12.8 Å². The molecule has 0 saturated carbocycles. The Labute approximate surface area is 143 Å². The monoisotopic (exact) mass is 350 g/mol. The quantitative estimate of drug-likeness (QED) is 0.282. The maximum absolute atomic E-state index is 11.5. The first kappa shape index (κ1) is 22.9. The van der Waals surface area contributed by atoms with Crippen LogP contribution in [-0.2, 0) is 10.1 Å². The fourth-order valence-electron chi connectivity index (χ4n) is 2.96. The predicted octanol–water partition coefficient (Wildman–Crippen LogP) is 5.11. The summed E-state index contributed by atoms with van der Waals surface area (Å²) < 4.78 is 32.3. The summed E-state index contributed by atoms with van der Waals surface area (Å²) in [7, 11) is -3.89. The van der Waals surface area contributed by atoms with Crippen LogP contribution >= 0.6 is 0 Å². The van der Waals surface area contributed by atoms with Gasteiger partial charge in [0.25, 0.3) is 10.1 Å². The summed E-state index contributed by atoms with van der Waals surface area (Å²) in [6.45, 7) is 2.45. The van der Waals surface area contributed by atoms with Crippen molar-refractivity contribution in [3.8, 4) is 0 Å². The van der Waals surface area contributed by atoms with Gasteiger partial charge in [0.1, 0.15) is 0 Å². The molecular weight excluding hydrogens is 312 g/mol. The van der Waals surface area contributed by atoms with E-state index in [-0.39, 0.29) is 6.61 Å². The minimum Gasteiger partial charge on any atom is -0.396 e. The molecular formula is C18H38O4S. The van der Waals surface area contributed by atoms with Gasteiger partial charge in [0.2, 0.25) is 0 Å². The zero-order valence-corrected chi connectivity index (χ0v) is 15.8. The van der Waals surface area contributed by atoms with Crippen LogP contribution in [0.3, 0.4) is 0 Å². The minimum absolute atomic E-state index is 0.272. The van der Waals surface area contributed by atoms with Crippen LogP contribution in [0, 0.1) is 0 Å². The molecule has 0 radical (unpaired) electrons. The van der Waals surface area contributed by atoms with Gasteiger partial charge in [0.15, 0.2) is 0 Å². The van der Waals surface area contributed by atoms with Crippen molar-refractivity contribution in [2.45, 2.75) is 108 Å². The van der Waals surface area contributed by atoms with E-state index in [2.05, 4.69) is 6.92 Å². The topological polar surface area (TPSA) is 74.6 Å². The summed E-state index contributed by atoms with van der Waals surface area (Å²) in [4.78, 5) is 0. The smallest absolute Gasteiger partial charge is 0.267 e. The number of unbranched alkanes of at least 4 members (excludes halogenated alkanes) is 11. The maximum Gasteiger partial charge on any atom is 0.267 e. The lowest BCUT2D eigenvalue weighted by Crippen LogP contribution is -2.20. The molecule has 1 unspecified atom stereocenters. The number of aliphatic hydroxyl groups excluding tert-OH is 1. The normalized spacial score (nSPS) is 13.3. The molecule has 0 fully saturated rings. The Kier molecular flexibility index (Phi) is 15.3. The Balaban J connectivity index is 3.73. The fraction of sp³-hybridized carbons (Fsp3) is 1.00. The van der Waals surface area contributed by atoms with Crippen molar-refractivity contribution in [1.29, 1.82) is 0 Å². The zero-order chi connectivity index (χ0) is 17.4. The van der Waals surface area contributed by atoms with Gasteiger partial charge < -0.3 is 5.11 Å². The highest BCUT2D eigenvalue weighted by Crippen LogP contribution is 2.19. The van der Waals surface area contributed by atoms with Crippen molar-refractivity contribution >= 4 is 10.1 Å². The molecule has 0 saturated heterocycles. The standard InChI is InChI=1S/C18H38O4S/c1-2-3-4-5-9-12-15-18(23(20,21)22)16-13-10-7-6-8-11-14-17-19/h18-19H,2-17H2,1H3,(H,20,21,22). The molecule has 0 aliphatic heterocycles. The molecule has 5 heteroatoms. The van der Waals surface area contributed by atoms with Gasteiger partial charge in [-0.3, -0.25) is 4.55 Å². The van der Waals surface area contributed by atoms with E-state index in [4.69, 9.17) is 5.11 Å². The molecule has 0 aromatic rings. The van der Waals surface area contributed by atoms with Crippen LogP contribution in [0.15, 0.2) is 0 Å². The molecule has 2 N–H and O–H groups in total. The second kappa shape index (κ2) is 15.4. The Bertz CT molecular complexity index is 341. The summed E-state index contributed by atoms with van der Waals surface area (Å²) in [5, 5.41) is 8.13. The molecule has 1 atom stereocenters. The van der Waals surface area contributed by atoms with Crippen molar-refractivity contribution in [2.24, 2.45) is 0 Å². The van der Waals surface area contributed by atoms with Crippen LogP contribution in [-0.4, -0.2) is 29.9 Å². The van der Waals surface area contributed by atoms with E-state index in [1.54, 1.807) is 0 Å². The molecule has 0 heterocycles. The van der Waals surface area contributed by atoms with Gasteiger partial charge >= 0.3 is 0 Å². The van der Waals surface area contributed by atoms with Gasteiger partial charge in [-0.05, 0) is 19.3 Å². The van der Waals surface area contributed by atoms with E-state index in [9.17, 15) is 13.0 Å². The Hall–Kier alpha value is -0.130. The lowest BCUT2D eigenvalue weighted by Gasteiger charge is -2.13. The van der Waals surface area contributed by atoms with E-state index < -0.39 is 15.4 Å². The van der Waals surface area contributed by atoms with Gasteiger partial charge in [0, 0.05) is 6.61 Å². The van der Waals surface area contributed by atoms with Crippen LogP contribution < -0.4 is 0 Å². The predicted molar refractivity (Wildman–Crippen MR) is 97.4 cm³/mol. The molecule has 0 rings (SSSR count). The Morgan fingerprint density at radius 1 is 0.696 bits per heavy atom. The fourth-order valence-corrected chi connectivity index (χ4v) is 3.89. The van der Waals surface area contributed by atoms with Crippen molar-refractivity contribution in [3.63, 3.8) is 0 Å². The highest BCUT2D eigenvalue weighted by Gasteiger charge is 2.21. The molecule has 0 bridgehead atoms. The molecule has 0 aliphatic rings. The molecule has 0 aliphatic carbocycles. The van der Waals surface area contributed by atoms with E-state index >= 15 is 0 Å². The van der Waals surface area contributed by atoms with Gasteiger partial charge in [-0.25, -0.2) is 0 Å². The summed E-state index contributed by atoms with van der Waals surface area (Å²) in [5.41, 5.74) is 0. The van der Waals surface area contributed by atoms with Crippen molar-refractivity contribution in [1.82, 2.24) is 0 Å². The third-order valence-electron chi connectivity index (χ3n) is 4.49. The van der Waals surface area contributed by atoms with Crippen molar-refractivity contribution < 1.29 is 18.1 Å². The molecule has 0 spiro atoms. The van der Waals surface area contributed by atoms with Crippen LogP contribution in [0.5, 0.6) is 0 Å². The lowest BCUT2D eigenvalue weighted by atomic mass is 10.0. The van der Waals surface area contributed by atoms with Crippen molar-refractivity contribution in [2.75, 3.05) is 6.61 Å². The lowest BCUT2D eigenvalue weighted by molar-refractivity contribution is 0.282. The minimum atomic E-state index is -3.89. The molecule has 4 nitrogen and oxygen atoms in total. The molecule has 140 valence electrons. The van der Waals surface area contributed by atoms with Crippen molar-refractivity contribution in [3.05, 3.63) is 0 Å². The van der Waals surface area contributed by atoms with Gasteiger partial charge in [-0.15, -0.1) is 0 Å². The number of hydrogen-bond donors (Lipinski definition) is 2. The average Bonchev–Trinajstić information content (AvgIpc) is 2.50. The second-order valence-corrected chi connectivity index (χ2v) is 8.38. The first-order valence-corrected chi connectivity index (χ1v) is 11.1. The van der Waals surface area contributed by atoms with Crippen LogP contribution in [0.1, 0.15) is 103 Å². The molecule has 0 aromatic carbocycles. The summed E-state index contributed by atoms with van der Waals surface area (Å²) in [5.74, 6) is 0. The SMILES string of the molecule is CCCCCCCCC(CCCCCCCCCO)S(=O)(=O)O. The molecule has 0 aromatic heterocycles. The third-order valence-corrected chi connectivity index (χ3v) is 5.80. The number of aliphatic hydroxyl groups is 1.